The summed E-state index contributed by atoms with van der Waals surface area (Å²) >= 11 is 6.04. The minimum Gasteiger partial charge on any atom is -0.480 e. The predicted molar refractivity (Wildman–Crippen MR) is 80.0 cm³/mol. The summed E-state index contributed by atoms with van der Waals surface area (Å²) in [6.07, 6.45) is 1.29. The fraction of sp³-hybridized carbons (Fsp3) is 0.571. The molecule has 0 heterocycles. The van der Waals surface area contributed by atoms with Crippen molar-refractivity contribution in [1.29, 1.82) is 0 Å². The molecular formula is C14H19ClN2O4. The van der Waals surface area contributed by atoms with Gasteiger partial charge in [-0.25, -0.2) is 0 Å². The normalized spacial score (nSPS) is 24.4. The number of hydrogen-bond donors (Lipinski definition) is 1. The molecule has 0 amide bonds. The molecule has 0 aliphatic heterocycles. The summed E-state index contributed by atoms with van der Waals surface area (Å²) in [6.45, 7) is 2.66. The molecule has 1 N–H and O–H groups in total. The molecular weight excluding hydrogens is 296 g/mol. The van der Waals surface area contributed by atoms with Crippen LogP contribution in [0.2, 0.25) is 5.02 Å². The van der Waals surface area contributed by atoms with Crippen molar-refractivity contribution in [3.05, 3.63) is 33.3 Å². The van der Waals surface area contributed by atoms with Crippen molar-refractivity contribution in [3.8, 4) is 5.75 Å². The summed E-state index contributed by atoms with van der Waals surface area (Å²) in [5, 5.41) is 14.5. The maximum Gasteiger partial charge on any atom is 0.312 e. The maximum atomic E-state index is 11.1. The number of halogens is 1. The number of nitrogens with zero attached hydrogens (tertiary/aromatic N) is 1. The largest absolute Gasteiger partial charge is 0.480 e. The Morgan fingerprint density at radius 2 is 2.29 bits per heavy atom. The number of rotatable bonds is 7. The lowest BCUT2D eigenvalue weighted by molar-refractivity contribution is -0.386. The van der Waals surface area contributed by atoms with Crippen molar-refractivity contribution < 1.29 is 14.4 Å². The van der Waals surface area contributed by atoms with E-state index >= 15 is 0 Å². The molecule has 1 fully saturated rings. The highest BCUT2D eigenvalue weighted by molar-refractivity contribution is 6.32. The molecule has 21 heavy (non-hydrogen) atoms. The number of nitrogens with one attached hydrogen (secondary N) is 1. The minimum atomic E-state index is -0.489. The fourth-order valence-electron chi connectivity index (χ4n) is 2.37. The number of para-hydroxylation sites is 1. The average molecular weight is 315 g/mol. The van der Waals surface area contributed by atoms with Gasteiger partial charge in [-0.05, 0) is 19.5 Å². The first kappa shape index (κ1) is 16.0. The molecule has 1 aliphatic carbocycles. The molecule has 0 radical (unpaired) electrons. The van der Waals surface area contributed by atoms with Crippen molar-refractivity contribution in [2.75, 3.05) is 13.7 Å². The van der Waals surface area contributed by atoms with Gasteiger partial charge in [0.2, 0.25) is 5.75 Å². The van der Waals surface area contributed by atoms with E-state index < -0.39 is 4.92 Å². The summed E-state index contributed by atoms with van der Waals surface area (Å²) in [5.41, 5.74) is -0.121. The smallest absolute Gasteiger partial charge is 0.312 e. The van der Waals surface area contributed by atoms with Gasteiger partial charge in [-0.2, -0.15) is 0 Å². The zero-order valence-electron chi connectivity index (χ0n) is 12.0. The van der Waals surface area contributed by atoms with Crippen LogP contribution in [0.5, 0.6) is 5.75 Å². The molecule has 1 aromatic rings. The summed E-state index contributed by atoms with van der Waals surface area (Å²) in [5.74, 6) is 0.119. The number of ether oxygens (including phenoxy) is 2. The molecule has 0 saturated heterocycles. The van der Waals surface area contributed by atoms with Crippen LogP contribution in [0.3, 0.4) is 0 Å². The van der Waals surface area contributed by atoms with Gasteiger partial charge in [0.05, 0.1) is 9.95 Å². The Labute approximate surface area is 128 Å². The summed E-state index contributed by atoms with van der Waals surface area (Å²) < 4.78 is 11.5. The van der Waals surface area contributed by atoms with Crippen LogP contribution in [0.4, 0.5) is 5.69 Å². The van der Waals surface area contributed by atoms with E-state index in [4.69, 9.17) is 21.1 Å². The second-order valence-corrected chi connectivity index (χ2v) is 5.37. The van der Waals surface area contributed by atoms with E-state index in [2.05, 4.69) is 5.32 Å². The molecule has 3 atom stereocenters. The van der Waals surface area contributed by atoms with E-state index in [0.717, 1.165) is 12.8 Å². The Bertz CT molecular complexity index is 512. The number of nitro benzene ring substituents is 1. The Morgan fingerprint density at radius 1 is 1.52 bits per heavy atom. The van der Waals surface area contributed by atoms with Crippen LogP contribution < -0.4 is 10.1 Å². The molecule has 6 nitrogen and oxygen atoms in total. The standard InChI is InChI=1S/C14H19ClN2O4/c1-3-7-20-14-10(16-2)8-12(14)21-13-9(15)5-4-6-11(13)17(18)19/h4-6,10,12,14,16H,3,7-8H2,1-2H3. The predicted octanol–water partition coefficient (Wildman–Crippen LogP) is 2.78. The molecule has 2 rings (SSSR count). The third kappa shape index (κ3) is 3.45. The van der Waals surface area contributed by atoms with Gasteiger partial charge in [0, 0.05) is 25.1 Å². The molecule has 0 bridgehead atoms. The third-order valence-corrected chi connectivity index (χ3v) is 3.84. The Morgan fingerprint density at radius 3 is 2.90 bits per heavy atom. The number of nitro groups is 1. The van der Waals surface area contributed by atoms with Crippen LogP contribution in [-0.2, 0) is 4.74 Å². The summed E-state index contributed by atoms with van der Waals surface area (Å²) in [4.78, 5) is 10.6. The topological polar surface area (TPSA) is 73.6 Å². The van der Waals surface area contributed by atoms with E-state index in [1.165, 1.54) is 12.1 Å². The SMILES string of the molecule is CCCOC1C(NC)CC1Oc1c(Cl)cccc1[N+](=O)[O-]. The first-order chi connectivity index (χ1) is 10.1. The highest BCUT2D eigenvalue weighted by Crippen LogP contribution is 2.38. The van der Waals surface area contributed by atoms with Crippen molar-refractivity contribution in [2.45, 2.75) is 38.0 Å². The van der Waals surface area contributed by atoms with Crippen molar-refractivity contribution in [1.82, 2.24) is 5.32 Å². The Kier molecular flexibility index (Phi) is 5.39. The van der Waals surface area contributed by atoms with Crippen LogP contribution in [0.15, 0.2) is 18.2 Å². The van der Waals surface area contributed by atoms with Crippen LogP contribution >= 0.6 is 11.6 Å². The monoisotopic (exact) mass is 314 g/mol. The van der Waals surface area contributed by atoms with Gasteiger partial charge in [0.1, 0.15) is 12.2 Å². The molecule has 1 saturated carbocycles. The number of hydrogen-bond acceptors (Lipinski definition) is 5. The van der Waals surface area contributed by atoms with E-state index in [1.807, 2.05) is 14.0 Å². The zero-order valence-corrected chi connectivity index (χ0v) is 12.8. The minimum absolute atomic E-state index is 0.119. The Balaban J connectivity index is 2.13. The fourth-order valence-corrected chi connectivity index (χ4v) is 2.58. The van der Waals surface area contributed by atoms with E-state index in [9.17, 15) is 10.1 Å². The zero-order chi connectivity index (χ0) is 15.4. The van der Waals surface area contributed by atoms with Gasteiger partial charge in [-0.15, -0.1) is 0 Å². The van der Waals surface area contributed by atoms with E-state index in [0.29, 0.717) is 6.61 Å². The lowest BCUT2D eigenvalue weighted by Crippen LogP contribution is -2.60. The van der Waals surface area contributed by atoms with Crippen molar-refractivity contribution >= 4 is 17.3 Å². The van der Waals surface area contributed by atoms with Crippen LogP contribution in [0.25, 0.3) is 0 Å². The highest BCUT2D eigenvalue weighted by atomic mass is 35.5. The maximum absolute atomic E-state index is 11.1. The molecule has 0 aromatic heterocycles. The molecule has 1 aromatic carbocycles. The van der Waals surface area contributed by atoms with Gasteiger partial charge in [-0.3, -0.25) is 10.1 Å². The van der Waals surface area contributed by atoms with E-state index in [1.54, 1.807) is 6.07 Å². The quantitative estimate of drug-likeness (QED) is 0.619. The van der Waals surface area contributed by atoms with Gasteiger partial charge < -0.3 is 14.8 Å². The molecule has 0 spiro atoms. The third-order valence-electron chi connectivity index (χ3n) is 3.55. The summed E-state index contributed by atoms with van der Waals surface area (Å²) in [7, 11) is 1.86. The molecule has 1 aliphatic rings. The van der Waals surface area contributed by atoms with Gasteiger partial charge in [-0.1, -0.05) is 24.6 Å². The van der Waals surface area contributed by atoms with Crippen molar-refractivity contribution in [3.63, 3.8) is 0 Å². The van der Waals surface area contributed by atoms with Crippen LogP contribution in [0, 0.1) is 10.1 Å². The van der Waals surface area contributed by atoms with Crippen LogP contribution in [0.1, 0.15) is 19.8 Å². The lowest BCUT2D eigenvalue weighted by atomic mass is 9.85. The van der Waals surface area contributed by atoms with Crippen molar-refractivity contribution in [2.24, 2.45) is 0 Å². The first-order valence-corrected chi connectivity index (χ1v) is 7.34. The average Bonchev–Trinajstić information content (AvgIpc) is 2.44. The van der Waals surface area contributed by atoms with Gasteiger partial charge in [0.25, 0.3) is 0 Å². The molecule has 3 unspecified atom stereocenters. The highest BCUT2D eigenvalue weighted by Gasteiger charge is 2.44. The van der Waals surface area contributed by atoms with E-state index in [-0.39, 0.29) is 34.7 Å². The number of benzene rings is 1. The first-order valence-electron chi connectivity index (χ1n) is 6.96. The lowest BCUT2D eigenvalue weighted by Gasteiger charge is -2.43. The second-order valence-electron chi connectivity index (χ2n) is 4.97. The molecule has 7 heteroatoms. The second kappa shape index (κ2) is 7.06. The van der Waals surface area contributed by atoms with Gasteiger partial charge in [0.15, 0.2) is 0 Å². The Hall–Kier alpha value is -1.37. The molecule has 116 valence electrons. The summed E-state index contributed by atoms with van der Waals surface area (Å²) in [6, 6.07) is 4.70. The van der Waals surface area contributed by atoms with Crippen LogP contribution in [-0.4, -0.2) is 36.8 Å². The van der Waals surface area contributed by atoms with Gasteiger partial charge >= 0.3 is 5.69 Å². The number of likely N-dealkylation sites (N-methyl/N-ethyl adjacent to an activating group) is 1.